The molecule has 1 fully saturated rings. The maximum atomic E-state index is 10.9. The monoisotopic (exact) mass is 214 g/mol. The van der Waals surface area contributed by atoms with Crippen LogP contribution in [0.1, 0.15) is 19.8 Å². The number of hydrogen-bond acceptors (Lipinski definition) is 4. The maximum Gasteiger partial charge on any atom is 0.305 e. The van der Waals surface area contributed by atoms with Crippen LogP contribution < -0.4 is 0 Å². The fourth-order valence-electron chi connectivity index (χ4n) is 1.65. The summed E-state index contributed by atoms with van der Waals surface area (Å²) in [6.45, 7) is 8.01. The van der Waals surface area contributed by atoms with Crippen LogP contribution in [0.25, 0.3) is 0 Å². The van der Waals surface area contributed by atoms with E-state index in [0.29, 0.717) is 13.0 Å². The molecule has 0 unspecified atom stereocenters. The number of hydrogen-bond donors (Lipinski definition) is 0. The van der Waals surface area contributed by atoms with Crippen molar-refractivity contribution in [3.05, 3.63) is 0 Å². The molecule has 0 radical (unpaired) electrons. The van der Waals surface area contributed by atoms with Gasteiger partial charge in [0.1, 0.15) is 0 Å². The topological polar surface area (TPSA) is 32.8 Å². The van der Waals surface area contributed by atoms with E-state index in [9.17, 15) is 4.79 Å². The van der Waals surface area contributed by atoms with Gasteiger partial charge in [-0.25, -0.2) is 0 Å². The van der Waals surface area contributed by atoms with E-state index in [1.807, 2.05) is 6.92 Å². The predicted octanol–water partition coefficient (Wildman–Crippen LogP) is 0.577. The van der Waals surface area contributed by atoms with Gasteiger partial charge >= 0.3 is 5.97 Å². The largest absolute Gasteiger partial charge is 0.466 e. The van der Waals surface area contributed by atoms with Crippen molar-refractivity contribution in [2.45, 2.75) is 19.8 Å². The molecule has 0 N–H and O–H groups in total. The number of piperazine rings is 1. The van der Waals surface area contributed by atoms with Crippen molar-refractivity contribution in [3.8, 4) is 0 Å². The van der Waals surface area contributed by atoms with Gasteiger partial charge in [0.2, 0.25) is 0 Å². The van der Waals surface area contributed by atoms with Gasteiger partial charge in [0.05, 0.1) is 6.61 Å². The van der Waals surface area contributed by atoms with Crippen LogP contribution in [0.3, 0.4) is 0 Å². The molecule has 0 bridgehead atoms. The Labute approximate surface area is 92.2 Å². The lowest BCUT2D eigenvalue weighted by Gasteiger charge is -2.32. The summed E-state index contributed by atoms with van der Waals surface area (Å²) in [5.74, 6) is -0.0895. The van der Waals surface area contributed by atoms with E-state index >= 15 is 0 Å². The van der Waals surface area contributed by atoms with Gasteiger partial charge in [-0.1, -0.05) is 6.92 Å². The van der Waals surface area contributed by atoms with Crippen LogP contribution in [0.5, 0.6) is 0 Å². The van der Waals surface area contributed by atoms with Crippen LogP contribution in [0, 0.1) is 0 Å². The molecule has 1 heterocycles. The van der Waals surface area contributed by atoms with Crippen LogP contribution in [-0.2, 0) is 9.53 Å². The van der Waals surface area contributed by atoms with Gasteiger partial charge < -0.3 is 14.5 Å². The second-order valence-corrected chi connectivity index (χ2v) is 4.07. The van der Waals surface area contributed by atoms with Crippen molar-refractivity contribution >= 4 is 5.97 Å². The van der Waals surface area contributed by atoms with Crippen LogP contribution in [0.15, 0.2) is 0 Å². The Hall–Kier alpha value is -0.610. The summed E-state index contributed by atoms with van der Waals surface area (Å²) >= 11 is 0. The van der Waals surface area contributed by atoms with Crippen molar-refractivity contribution < 1.29 is 9.53 Å². The molecular formula is C11H22N2O2. The Kier molecular flexibility index (Phi) is 5.65. The van der Waals surface area contributed by atoms with E-state index in [-0.39, 0.29) is 5.97 Å². The van der Waals surface area contributed by atoms with Gasteiger partial charge in [0.15, 0.2) is 0 Å². The molecule has 4 nitrogen and oxygen atoms in total. The van der Waals surface area contributed by atoms with Gasteiger partial charge in [-0.3, -0.25) is 4.79 Å². The summed E-state index contributed by atoms with van der Waals surface area (Å²) in [4.78, 5) is 15.6. The highest BCUT2D eigenvalue weighted by Gasteiger charge is 2.12. The van der Waals surface area contributed by atoms with Crippen LogP contribution in [0.4, 0.5) is 0 Å². The summed E-state index contributed by atoms with van der Waals surface area (Å²) in [7, 11) is 2.15. The first kappa shape index (κ1) is 12.5. The zero-order valence-electron chi connectivity index (χ0n) is 9.87. The highest BCUT2D eigenvalue weighted by molar-refractivity contribution is 5.68. The first-order chi connectivity index (χ1) is 7.22. The Balaban J connectivity index is 1.98. The molecule has 0 aromatic carbocycles. The van der Waals surface area contributed by atoms with Crippen molar-refractivity contribution in [2.75, 3.05) is 46.4 Å². The molecule has 0 saturated carbocycles. The summed E-state index contributed by atoms with van der Waals surface area (Å²) < 4.78 is 5.03. The second kappa shape index (κ2) is 6.80. The number of esters is 1. The number of carbonyl (C=O) groups is 1. The van der Waals surface area contributed by atoms with Crippen molar-refractivity contribution in [3.63, 3.8) is 0 Å². The van der Waals surface area contributed by atoms with Crippen LogP contribution in [-0.4, -0.2) is 62.1 Å². The van der Waals surface area contributed by atoms with Gasteiger partial charge in [0.25, 0.3) is 0 Å². The lowest BCUT2D eigenvalue weighted by molar-refractivity contribution is -0.143. The molecular weight excluding hydrogens is 192 g/mol. The summed E-state index contributed by atoms with van der Waals surface area (Å²) in [5, 5.41) is 0. The molecule has 88 valence electrons. The minimum atomic E-state index is -0.0895. The molecule has 1 aliphatic heterocycles. The molecule has 1 saturated heterocycles. The Bertz CT molecular complexity index is 189. The molecule has 0 spiro atoms. The molecule has 1 rings (SSSR count). The number of nitrogens with zero attached hydrogens (tertiary/aromatic N) is 2. The van der Waals surface area contributed by atoms with E-state index in [0.717, 1.165) is 39.1 Å². The maximum absolute atomic E-state index is 10.9. The Morgan fingerprint density at radius 1 is 1.27 bits per heavy atom. The highest BCUT2D eigenvalue weighted by atomic mass is 16.5. The normalized spacial score (nSPS) is 19.1. The molecule has 0 amide bonds. The molecule has 0 aromatic heterocycles. The van der Waals surface area contributed by atoms with Crippen molar-refractivity contribution in [1.29, 1.82) is 0 Å². The predicted molar refractivity (Wildman–Crippen MR) is 59.8 cm³/mol. The van der Waals surface area contributed by atoms with E-state index in [4.69, 9.17) is 4.74 Å². The summed E-state index contributed by atoms with van der Waals surface area (Å²) in [5.41, 5.74) is 0. The fraction of sp³-hybridized carbons (Fsp3) is 0.909. The van der Waals surface area contributed by atoms with Gasteiger partial charge in [0, 0.05) is 39.1 Å². The third kappa shape index (κ3) is 5.14. The van der Waals surface area contributed by atoms with Crippen molar-refractivity contribution in [2.24, 2.45) is 0 Å². The molecule has 0 aliphatic carbocycles. The standard InChI is InChI=1S/C11H22N2O2/c1-3-11(14)15-10-4-5-13-8-6-12(2)7-9-13/h3-10H2,1-2H3. The van der Waals surface area contributed by atoms with Gasteiger partial charge in [-0.15, -0.1) is 0 Å². The van der Waals surface area contributed by atoms with Gasteiger partial charge in [-0.2, -0.15) is 0 Å². The minimum absolute atomic E-state index is 0.0895. The highest BCUT2D eigenvalue weighted by Crippen LogP contribution is 2.00. The number of likely N-dealkylation sites (N-methyl/N-ethyl adjacent to an activating group) is 1. The zero-order chi connectivity index (χ0) is 11.1. The molecule has 4 heteroatoms. The first-order valence-electron chi connectivity index (χ1n) is 5.79. The smallest absolute Gasteiger partial charge is 0.305 e. The average molecular weight is 214 g/mol. The second-order valence-electron chi connectivity index (χ2n) is 4.07. The van der Waals surface area contributed by atoms with Gasteiger partial charge in [-0.05, 0) is 13.5 Å². The molecule has 0 aromatic rings. The third-order valence-corrected chi connectivity index (χ3v) is 2.77. The first-order valence-corrected chi connectivity index (χ1v) is 5.79. The average Bonchev–Trinajstić information content (AvgIpc) is 2.26. The summed E-state index contributed by atoms with van der Waals surface area (Å²) in [6.07, 6.45) is 1.43. The summed E-state index contributed by atoms with van der Waals surface area (Å²) in [6, 6.07) is 0. The van der Waals surface area contributed by atoms with E-state index in [1.54, 1.807) is 0 Å². The number of rotatable bonds is 5. The third-order valence-electron chi connectivity index (χ3n) is 2.77. The number of carbonyl (C=O) groups excluding carboxylic acids is 1. The molecule has 0 atom stereocenters. The quantitative estimate of drug-likeness (QED) is 0.495. The Morgan fingerprint density at radius 3 is 2.53 bits per heavy atom. The van der Waals surface area contributed by atoms with E-state index in [1.165, 1.54) is 0 Å². The van der Waals surface area contributed by atoms with Crippen LogP contribution >= 0.6 is 0 Å². The SMILES string of the molecule is CCC(=O)OCCCN1CCN(C)CC1. The van der Waals surface area contributed by atoms with Crippen molar-refractivity contribution in [1.82, 2.24) is 9.80 Å². The van der Waals surface area contributed by atoms with Crippen LogP contribution in [0.2, 0.25) is 0 Å². The molecule has 15 heavy (non-hydrogen) atoms. The van der Waals surface area contributed by atoms with E-state index in [2.05, 4.69) is 16.8 Å². The lowest BCUT2D eigenvalue weighted by atomic mass is 10.3. The zero-order valence-corrected chi connectivity index (χ0v) is 9.87. The Morgan fingerprint density at radius 2 is 1.93 bits per heavy atom. The number of ether oxygens (including phenoxy) is 1. The molecule has 1 aliphatic rings. The van der Waals surface area contributed by atoms with E-state index < -0.39 is 0 Å². The minimum Gasteiger partial charge on any atom is -0.466 e. The fourth-order valence-corrected chi connectivity index (χ4v) is 1.65. The lowest BCUT2D eigenvalue weighted by Crippen LogP contribution is -2.44.